The fraction of sp³-hybridized carbons (Fsp3) is 0.850. The minimum atomic E-state index is -0.297. The first-order chi connectivity index (χ1) is 14.5. The van der Waals surface area contributed by atoms with Crippen molar-refractivity contribution in [3.63, 3.8) is 0 Å². The highest BCUT2D eigenvalue weighted by Gasteiger charge is 2.07. The van der Waals surface area contributed by atoms with Crippen LogP contribution in [0.3, 0.4) is 0 Å². The van der Waals surface area contributed by atoms with E-state index < -0.39 is 0 Å². The normalized spacial score (nSPS) is 11.8. The van der Waals surface area contributed by atoms with Gasteiger partial charge in [-0.15, -0.1) is 0 Å². The SMILES string of the molecule is CCCOCCOCC(=O)NCCOCCOCC(=O)NCCCC[C@H](C)C(N)=O. The summed E-state index contributed by atoms with van der Waals surface area (Å²) < 4.78 is 21.0. The van der Waals surface area contributed by atoms with Crippen molar-refractivity contribution in [1.82, 2.24) is 10.6 Å². The fourth-order valence-electron chi connectivity index (χ4n) is 2.22. The Morgan fingerprint density at radius 3 is 1.87 bits per heavy atom. The number of hydrogen-bond donors (Lipinski definition) is 3. The van der Waals surface area contributed by atoms with Gasteiger partial charge in [-0.05, 0) is 19.3 Å². The van der Waals surface area contributed by atoms with Crippen molar-refractivity contribution in [3.8, 4) is 0 Å². The summed E-state index contributed by atoms with van der Waals surface area (Å²) in [5, 5.41) is 5.43. The van der Waals surface area contributed by atoms with Gasteiger partial charge in [-0.2, -0.15) is 0 Å². The molecule has 0 unspecified atom stereocenters. The van der Waals surface area contributed by atoms with E-state index in [0.29, 0.717) is 52.7 Å². The molecular weight excluding hydrogens is 394 g/mol. The van der Waals surface area contributed by atoms with E-state index in [4.69, 9.17) is 24.7 Å². The second kappa shape index (κ2) is 20.5. The van der Waals surface area contributed by atoms with Gasteiger partial charge in [-0.1, -0.05) is 20.3 Å². The van der Waals surface area contributed by atoms with Crippen molar-refractivity contribution in [1.29, 1.82) is 0 Å². The van der Waals surface area contributed by atoms with Crippen LogP contribution in [0.4, 0.5) is 0 Å². The number of primary amides is 1. The molecule has 0 aliphatic rings. The molecular formula is C20H39N3O7. The van der Waals surface area contributed by atoms with Crippen molar-refractivity contribution >= 4 is 17.7 Å². The van der Waals surface area contributed by atoms with E-state index in [-0.39, 0.29) is 36.9 Å². The van der Waals surface area contributed by atoms with E-state index >= 15 is 0 Å². The molecule has 0 aromatic rings. The number of rotatable bonds is 21. The Bertz CT molecular complexity index is 464. The molecule has 1 atom stereocenters. The number of unbranched alkanes of at least 4 members (excludes halogenated alkanes) is 1. The van der Waals surface area contributed by atoms with Gasteiger partial charge in [0.2, 0.25) is 17.7 Å². The summed E-state index contributed by atoms with van der Waals surface area (Å²) in [5.41, 5.74) is 5.19. The maximum atomic E-state index is 11.6. The molecule has 0 fully saturated rings. The van der Waals surface area contributed by atoms with E-state index in [1.165, 1.54) is 0 Å². The van der Waals surface area contributed by atoms with Crippen LogP contribution in [0.25, 0.3) is 0 Å². The quantitative estimate of drug-likeness (QED) is 0.216. The zero-order valence-corrected chi connectivity index (χ0v) is 18.4. The van der Waals surface area contributed by atoms with Crippen molar-refractivity contribution in [2.75, 3.05) is 65.9 Å². The van der Waals surface area contributed by atoms with Gasteiger partial charge in [0.05, 0.1) is 33.0 Å². The fourth-order valence-corrected chi connectivity index (χ4v) is 2.22. The van der Waals surface area contributed by atoms with Crippen molar-refractivity contribution in [2.24, 2.45) is 11.7 Å². The summed E-state index contributed by atoms with van der Waals surface area (Å²) in [6.45, 7) is 7.26. The van der Waals surface area contributed by atoms with Gasteiger partial charge in [0, 0.05) is 25.6 Å². The van der Waals surface area contributed by atoms with Crippen molar-refractivity contribution in [3.05, 3.63) is 0 Å². The van der Waals surface area contributed by atoms with E-state index in [9.17, 15) is 14.4 Å². The monoisotopic (exact) mass is 433 g/mol. The summed E-state index contributed by atoms with van der Waals surface area (Å²) in [6, 6.07) is 0. The molecule has 10 heteroatoms. The number of carbonyl (C=O) groups excluding carboxylic acids is 3. The van der Waals surface area contributed by atoms with Gasteiger partial charge >= 0.3 is 0 Å². The number of amides is 3. The highest BCUT2D eigenvalue weighted by Crippen LogP contribution is 2.06. The summed E-state index contributed by atoms with van der Waals surface area (Å²) >= 11 is 0. The molecule has 0 heterocycles. The third kappa shape index (κ3) is 19.6. The molecule has 0 spiro atoms. The standard InChI is InChI=1S/C20H39N3O7/c1-3-9-27-11-13-29-16-19(25)23-8-10-28-12-14-30-15-18(24)22-7-5-4-6-17(2)20(21)26/h17H,3-16H2,1-2H3,(H2,21,26)(H,22,24)(H,23,25)/t17-/m0/s1. The van der Waals surface area contributed by atoms with Gasteiger partial charge in [-0.25, -0.2) is 0 Å². The largest absolute Gasteiger partial charge is 0.379 e. The minimum Gasteiger partial charge on any atom is -0.379 e. The second-order valence-corrected chi connectivity index (χ2v) is 6.83. The van der Waals surface area contributed by atoms with E-state index in [0.717, 1.165) is 25.7 Å². The zero-order chi connectivity index (χ0) is 22.5. The smallest absolute Gasteiger partial charge is 0.246 e. The summed E-state index contributed by atoms with van der Waals surface area (Å²) in [4.78, 5) is 34.0. The van der Waals surface area contributed by atoms with Crippen LogP contribution in [0, 0.1) is 5.92 Å². The highest BCUT2D eigenvalue weighted by molar-refractivity contribution is 5.77. The first-order valence-electron chi connectivity index (χ1n) is 10.6. The predicted molar refractivity (Wildman–Crippen MR) is 112 cm³/mol. The van der Waals surface area contributed by atoms with E-state index in [2.05, 4.69) is 10.6 Å². The molecule has 4 N–H and O–H groups in total. The van der Waals surface area contributed by atoms with Crippen LogP contribution >= 0.6 is 0 Å². The average Bonchev–Trinajstić information content (AvgIpc) is 2.71. The Kier molecular flexibility index (Phi) is 19.3. The number of carbonyl (C=O) groups is 3. The number of ether oxygens (including phenoxy) is 4. The Morgan fingerprint density at radius 1 is 0.767 bits per heavy atom. The topological polar surface area (TPSA) is 138 Å². The molecule has 0 rings (SSSR count). The summed E-state index contributed by atoms with van der Waals surface area (Å²) in [7, 11) is 0. The number of nitrogens with two attached hydrogens (primary N) is 1. The first kappa shape index (κ1) is 28.2. The summed E-state index contributed by atoms with van der Waals surface area (Å²) in [5.74, 6) is -0.827. The van der Waals surface area contributed by atoms with Gasteiger partial charge in [0.25, 0.3) is 0 Å². The maximum Gasteiger partial charge on any atom is 0.246 e. The van der Waals surface area contributed by atoms with Crippen LogP contribution in [0.1, 0.15) is 39.5 Å². The predicted octanol–water partition coefficient (Wildman–Crippen LogP) is -0.0131. The Morgan fingerprint density at radius 2 is 1.30 bits per heavy atom. The van der Waals surface area contributed by atoms with Crippen LogP contribution in [-0.4, -0.2) is 83.7 Å². The van der Waals surface area contributed by atoms with Gasteiger partial charge in [-0.3, -0.25) is 14.4 Å². The Labute approximate surface area is 179 Å². The van der Waals surface area contributed by atoms with Gasteiger partial charge in [0.15, 0.2) is 0 Å². The molecule has 0 radical (unpaired) electrons. The molecule has 30 heavy (non-hydrogen) atoms. The molecule has 176 valence electrons. The first-order valence-corrected chi connectivity index (χ1v) is 10.6. The Hall–Kier alpha value is -1.75. The average molecular weight is 434 g/mol. The van der Waals surface area contributed by atoms with Crippen LogP contribution in [-0.2, 0) is 33.3 Å². The van der Waals surface area contributed by atoms with E-state index in [1.807, 2.05) is 6.92 Å². The van der Waals surface area contributed by atoms with Crippen molar-refractivity contribution < 1.29 is 33.3 Å². The van der Waals surface area contributed by atoms with Gasteiger partial charge in [0.1, 0.15) is 13.2 Å². The van der Waals surface area contributed by atoms with Crippen LogP contribution in [0.15, 0.2) is 0 Å². The minimum absolute atomic E-state index is 0.00211. The lowest BCUT2D eigenvalue weighted by Gasteiger charge is -2.09. The molecule has 0 aromatic carbocycles. The third-order valence-electron chi connectivity index (χ3n) is 4.00. The lowest BCUT2D eigenvalue weighted by atomic mass is 10.0. The molecule has 0 saturated heterocycles. The molecule has 3 amide bonds. The Balaban J connectivity index is 3.33. The zero-order valence-electron chi connectivity index (χ0n) is 18.4. The van der Waals surface area contributed by atoms with Crippen LogP contribution in [0.5, 0.6) is 0 Å². The third-order valence-corrected chi connectivity index (χ3v) is 4.00. The molecule has 0 aliphatic heterocycles. The molecule has 10 nitrogen and oxygen atoms in total. The molecule has 0 bridgehead atoms. The lowest BCUT2D eigenvalue weighted by Crippen LogP contribution is -2.31. The second-order valence-electron chi connectivity index (χ2n) is 6.83. The lowest BCUT2D eigenvalue weighted by molar-refractivity contribution is -0.127. The van der Waals surface area contributed by atoms with Crippen molar-refractivity contribution in [2.45, 2.75) is 39.5 Å². The number of hydrogen-bond acceptors (Lipinski definition) is 7. The summed E-state index contributed by atoms with van der Waals surface area (Å²) in [6.07, 6.45) is 3.30. The van der Waals surface area contributed by atoms with Crippen LogP contribution < -0.4 is 16.4 Å². The molecule has 0 aliphatic carbocycles. The highest BCUT2D eigenvalue weighted by atomic mass is 16.5. The molecule has 0 aromatic heterocycles. The number of nitrogens with one attached hydrogen (secondary N) is 2. The van der Waals surface area contributed by atoms with Gasteiger partial charge < -0.3 is 35.3 Å². The van der Waals surface area contributed by atoms with Crippen LogP contribution in [0.2, 0.25) is 0 Å². The van der Waals surface area contributed by atoms with E-state index in [1.54, 1.807) is 6.92 Å². The maximum absolute atomic E-state index is 11.6. The molecule has 0 saturated carbocycles.